The summed E-state index contributed by atoms with van der Waals surface area (Å²) in [6.07, 6.45) is 2.76. The van der Waals surface area contributed by atoms with E-state index in [1.54, 1.807) is 125 Å². The van der Waals surface area contributed by atoms with E-state index in [9.17, 15) is 47.9 Å². The topological polar surface area (TPSA) is 359 Å². The van der Waals surface area contributed by atoms with Crippen LogP contribution in [0.2, 0.25) is 0 Å². The third-order valence-electron chi connectivity index (χ3n) is 20.3. The number of likely N-dealkylation sites (N-methyl/N-ethyl adjacent to an activating group) is 4. The van der Waals surface area contributed by atoms with Crippen molar-refractivity contribution in [3.63, 3.8) is 0 Å². The van der Waals surface area contributed by atoms with E-state index in [1.807, 2.05) is 0 Å². The van der Waals surface area contributed by atoms with Crippen LogP contribution in [0.1, 0.15) is 111 Å². The summed E-state index contributed by atoms with van der Waals surface area (Å²) in [6.45, 7) is 3.44. The average Bonchev–Trinajstić information content (AvgIpc) is 0.796. The standard InChI is InChI=1S/C78H96Br2N14O16/c1-11-45(3)69-75(103)81-37-57(87-73(101)67-61(35-49-33-51(79)23-29-55(49)85-67)109-43-47-19-25-53(107-9)26-20-47)77(105)93-31-15-13-17-59(93)71(99)84-40-64(96)90(6)42-66(98)92(8)70(46(4)12-2)76(104)82-38-58(78(106)94-32-16-14-18-60(94)72(100)83-39-63(95)89(5)41-65(97)91(69)7)88-74(102)68-62(36-50-34-52(80)24-30-56(50)86-68)110-44-48-21-27-54(108-10)28-22-48/h19-30,33-36,45-46,57-60,69-70H,11-18,31-32,37-44H2,1-10H3,(H,81,103)(H,82,104)(H,83,100)(H,84,99)(H,87,101)(H,88,102)/t45-,46-,57+,58+,59-,60-,69-,70-/m0/s1. The first kappa shape index (κ1) is 83.5. The molecule has 5 heterocycles. The van der Waals surface area contributed by atoms with Crippen LogP contribution in [0.25, 0.3) is 21.8 Å². The molecule has 6 aromatic rings. The van der Waals surface area contributed by atoms with Crippen molar-refractivity contribution < 1.29 is 76.5 Å². The number of carbonyl (C=O) groups excluding carboxylic acids is 12. The smallest absolute Gasteiger partial charge is 0.274 e. The number of hydrogen-bond donors (Lipinski definition) is 6. The molecule has 4 aromatic carbocycles. The number of amides is 12. The lowest BCUT2D eigenvalue weighted by molar-refractivity contribution is -0.146. The van der Waals surface area contributed by atoms with Gasteiger partial charge in [0.25, 0.3) is 11.8 Å². The number of benzene rings is 4. The van der Waals surface area contributed by atoms with Gasteiger partial charge in [0.15, 0.2) is 22.9 Å². The van der Waals surface area contributed by atoms with Gasteiger partial charge in [-0.25, -0.2) is 9.97 Å². The molecule has 3 aliphatic rings. The zero-order valence-electron chi connectivity index (χ0n) is 63.4. The molecule has 0 radical (unpaired) electrons. The number of piperidine rings is 2. The summed E-state index contributed by atoms with van der Waals surface area (Å²) in [5.74, 6) is -8.93. The fraction of sp³-hybridized carbons (Fsp3) is 0.462. The van der Waals surface area contributed by atoms with Gasteiger partial charge in [-0.3, -0.25) is 57.5 Å². The van der Waals surface area contributed by atoms with Crippen LogP contribution in [0.3, 0.4) is 0 Å². The van der Waals surface area contributed by atoms with E-state index in [-0.39, 0.29) is 62.0 Å². The number of rotatable bonds is 16. The van der Waals surface area contributed by atoms with Crippen molar-refractivity contribution in [2.24, 2.45) is 11.8 Å². The summed E-state index contributed by atoms with van der Waals surface area (Å²) >= 11 is 7.01. The van der Waals surface area contributed by atoms with Gasteiger partial charge in [-0.15, -0.1) is 0 Å². The minimum Gasteiger partial charge on any atom is -0.497 e. The highest BCUT2D eigenvalue weighted by molar-refractivity contribution is 9.10. The van der Waals surface area contributed by atoms with Crippen LogP contribution >= 0.6 is 31.9 Å². The number of carbonyl (C=O) groups is 12. The molecule has 9 rings (SSSR count). The first-order chi connectivity index (χ1) is 52.6. The van der Waals surface area contributed by atoms with Gasteiger partial charge in [-0.2, -0.15) is 0 Å². The Bertz CT molecular complexity index is 4130. The number of hydrogen-bond acceptors (Lipinski definition) is 18. The van der Waals surface area contributed by atoms with Crippen molar-refractivity contribution in [3.05, 3.63) is 129 Å². The monoisotopic (exact) mass is 1640 g/mol. The molecule has 12 amide bonds. The Hall–Kier alpha value is -10.5. The Morgan fingerprint density at radius 3 is 1.23 bits per heavy atom. The summed E-state index contributed by atoms with van der Waals surface area (Å²) in [4.78, 5) is 193. The second-order valence-electron chi connectivity index (χ2n) is 27.9. The third-order valence-corrected chi connectivity index (χ3v) is 21.3. The van der Waals surface area contributed by atoms with Gasteiger partial charge < -0.3 is 80.2 Å². The lowest BCUT2D eigenvalue weighted by atomic mass is 9.96. The van der Waals surface area contributed by atoms with Crippen LogP contribution in [-0.2, 0) is 61.2 Å². The van der Waals surface area contributed by atoms with E-state index in [1.165, 1.54) is 62.0 Å². The molecule has 3 aliphatic heterocycles. The van der Waals surface area contributed by atoms with Gasteiger partial charge in [0.2, 0.25) is 59.1 Å². The van der Waals surface area contributed by atoms with Crippen LogP contribution in [0, 0.1) is 11.8 Å². The number of pyridine rings is 2. The number of methoxy groups -OCH3 is 2. The second kappa shape index (κ2) is 38.7. The van der Waals surface area contributed by atoms with Gasteiger partial charge in [0.05, 0.1) is 51.4 Å². The molecule has 30 nitrogen and oxygen atoms in total. The van der Waals surface area contributed by atoms with E-state index >= 15 is 9.59 Å². The highest BCUT2D eigenvalue weighted by atomic mass is 79.9. The molecule has 0 aliphatic carbocycles. The summed E-state index contributed by atoms with van der Waals surface area (Å²) in [5, 5.41) is 17.7. The molecule has 0 spiro atoms. The Balaban J connectivity index is 1.02. The van der Waals surface area contributed by atoms with E-state index in [4.69, 9.17) is 28.9 Å². The molecular weight excluding hydrogens is 1550 g/mol. The number of nitrogens with zero attached hydrogens (tertiary/aromatic N) is 8. The van der Waals surface area contributed by atoms with E-state index in [0.29, 0.717) is 71.8 Å². The fourth-order valence-corrected chi connectivity index (χ4v) is 14.2. The van der Waals surface area contributed by atoms with Crippen LogP contribution < -0.4 is 50.8 Å². The molecule has 110 heavy (non-hydrogen) atoms. The van der Waals surface area contributed by atoms with Crippen molar-refractivity contribution in [1.29, 1.82) is 0 Å². The summed E-state index contributed by atoms with van der Waals surface area (Å²) in [5.41, 5.74) is 1.79. The van der Waals surface area contributed by atoms with Crippen LogP contribution in [0.4, 0.5) is 0 Å². The molecule has 8 atom stereocenters. The number of ether oxygens (including phenoxy) is 4. The Labute approximate surface area is 655 Å². The second-order valence-corrected chi connectivity index (χ2v) is 29.7. The lowest BCUT2D eigenvalue weighted by Gasteiger charge is -2.38. The van der Waals surface area contributed by atoms with Crippen LogP contribution in [-0.4, -0.2) is 241 Å². The zero-order valence-corrected chi connectivity index (χ0v) is 66.6. The normalized spacial score (nSPS) is 21.1. The highest BCUT2D eigenvalue weighted by Crippen LogP contribution is 2.31. The average molecular weight is 1650 g/mol. The van der Waals surface area contributed by atoms with Gasteiger partial charge in [0.1, 0.15) is 61.0 Å². The van der Waals surface area contributed by atoms with Crippen LogP contribution in [0.5, 0.6) is 23.0 Å². The SMILES string of the molecule is CC[C@H](C)[C@H]1C(=O)NC[C@@H](NC(=O)c2nc3ccc(Br)cc3cc2OCc2ccc(OC)cc2)C(=O)N2CCCC[C@H]2C(=O)NCC(=O)N(C)CC(=O)N(C)[C@@H]([C@@H](C)CC)C(=O)NC[C@@H](NC(=O)c2nc3ccc(Br)cc3cc2OCc2ccc(OC)cc2)C(=O)N2CCCC[C@H]2C(=O)NCC(=O)N(C)CC(=O)N1C. The summed E-state index contributed by atoms with van der Waals surface area (Å²) in [7, 11) is 8.52. The minimum atomic E-state index is -1.62. The van der Waals surface area contributed by atoms with Crippen molar-refractivity contribution in [3.8, 4) is 23.0 Å². The molecule has 3 fully saturated rings. The maximum Gasteiger partial charge on any atom is 0.274 e. The largest absolute Gasteiger partial charge is 0.497 e. The van der Waals surface area contributed by atoms with Crippen LogP contribution in [0.15, 0.2) is 106 Å². The molecule has 588 valence electrons. The minimum absolute atomic E-state index is 0.00769. The molecule has 2 aromatic heterocycles. The van der Waals surface area contributed by atoms with E-state index in [2.05, 4.69) is 63.8 Å². The molecule has 0 saturated carbocycles. The number of nitrogens with one attached hydrogen (secondary N) is 6. The summed E-state index contributed by atoms with van der Waals surface area (Å²) < 4.78 is 24.7. The van der Waals surface area contributed by atoms with Crippen molar-refractivity contribution in [1.82, 2.24) is 71.3 Å². The first-order valence-corrected chi connectivity index (χ1v) is 38.2. The predicted molar refractivity (Wildman–Crippen MR) is 414 cm³/mol. The molecule has 3 saturated heterocycles. The summed E-state index contributed by atoms with van der Waals surface area (Å²) in [6, 6.07) is 19.7. The van der Waals surface area contributed by atoms with E-state index in [0.717, 1.165) is 29.9 Å². The first-order valence-electron chi connectivity index (χ1n) is 36.7. The lowest BCUT2D eigenvalue weighted by Crippen LogP contribution is -2.61. The number of aromatic nitrogens is 2. The van der Waals surface area contributed by atoms with Crippen molar-refractivity contribution in [2.75, 3.05) is 94.8 Å². The van der Waals surface area contributed by atoms with Crippen molar-refractivity contribution >= 4 is 125 Å². The third kappa shape index (κ3) is 21.1. The maximum absolute atomic E-state index is 15.4. The van der Waals surface area contributed by atoms with Gasteiger partial charge >= 0.3 is 0 Å². The molecule has 6 N–H and O–H groups in total. The maximum atomic E-state index is 15.4. The molecule has 0 unspecified atom stereocenters. The molecular formula is C78H96Br2N14O16. The van der Waals surface area contributed by atoms with Gasteiger partial charge in [0, 0.05) is 74.1 Å². The van der Waals surface area contributed by atoms with Gasteiger partial charge in [-0.1, -0.05) is 96.7 Å². The number of halogens is 2. The van der Waals surface area contributed by atoms with Gasteiger partial charge in [-0.05, 0) is 134 Å². The zero-order chi connectivity index (χ0) is 79.6. The van der Waals surface area contributed by atoms with Crippen molar-refractivity contribution in [2.45, 2.75) is 129 Å². The molecule has 0 bridgehead atoms. The predicted octanol–water partition coefficient (Wildman–Crippen LogP) is 5.28. The Morgan fingerprint density at radius 1 is 0.500 bits per heavy atom. The Kier molecular flexibility index (Phi) is 29.4. The molecule has 32 heteroatoms. The Morgan fingerprint density at radius 2 is 0.873 bits per heavy atom. The van der Waals surface area contributed by atoms with E-state index < -0.39 is 158 Å². The quantitative estimate of drug-likeness (QED) is 0.0717. The number of fused-ring (bicyclic) bond motifs is 4. The fourth-order valence-electron chi connectivity index (χ4n) is 13.4. The highest BCUT2D eigenvalue weighted by Gasteiger charge is 2.42.